The van der Waals surface area contributed by atoms with Crippen LogP contribution >= 0.6 is 11.6 Å². The maximum atomic E-state index is 6.23. The second-order valence-corrected chi connectivity index (χ2v) is 7.66. The van der Waals surface area contributed by atoms with Crippen molar-refractivity contribution in [2.24, 2.45) is 5.92 Å². The third-order valence-electron chi connectivity index (χ3n) is 5.15. The molecule has 0 aromatic heterocycles. The highest BCUT2D eigenvalue weighted by Gasteiger charge is 2.11. The summed E-state index contributed by atoms with van der Waals surface area (Å²) in [5, 5.41) is 2.28. The predicted octanol–water partition coefficient (Wildman–Crippen LogP) is 7.61. The summed E-state index contributed by atoms with van der Waals surface area (Å²) in [6, 6.07) is 12.5. The van der Waals surface area contributed by atoms with E-state index >= 15 is 0 Å². The second-order valence-electron chi connectivity index (χ2n) is 7.29. The SMILES string of the molecule is CCCCC(CC)COc1ccc(OCCCCCCCl)c2ccccc12. The molecule has 3 heteroatoms. The van der Waals surface area contributed by atoms with Crippen LogP contribution in [0.25, 0.3) is 10.8 Å². The van der Waals surface area contributed by atoms with Crippen molar-refractivity contribution in [3.8, 4) is 11.5 Å². The second kappa shape index (κ2) is 12.9. The number of ether oxygens (including phenoxy) is 2. The Morgan fingerprint density at radius 3 is 2.11 bits per heavy atom. The van der Waals surface area contributed by atoms with Crippen LogP contribution in [0.3, 0.4) is 0 Å². The zero-order chi connectivity index (χ0) is 19.3. The van der Waals surface area contributed by atoms with E-state index in [1.807, 2.05) is 0 Å². The molecule has 2 aromatic carbocycles. The summed E-state index contributed by atoms with van der Waals surface area (Å²) in [7, 11) is 0. The molecule has 0 amide bonds. The quantitative estimate of drug-likeness (QED) is 0.244. The van der Waals surface area contributed by atoms with Gasteiger partial charge in [-0.1, -0.05) is 70.2 Å². The van der Waals surface area contributed by atoms with Crippen molar-refractivity contribution in [1.82, 2.24) is 0 Å². The summed E-state index contributed by atoms with van der Waals surface area (Å²) in [5.74, 6) is 3.31. The van der Waals surface area contributed by atoms with Gasteiger partial charge in [-0.15, -0.1) is 11.6 Å². The van der Waals surface area contributed by atoms with Crippen molar-refractivity contribution >= 4 is 22.4 Å². The fraction of sp³-hybridized carbons (Fsp3) is 0.583. The summed E-state index contributed by atoms with van der Waals surface area (Å²) in [5.41, 5.74) is 0. The Morgan fingerprint density at radius 1 is 0.815 bits per heavy atom. The minimum atomic E-state index is 0.632. The van der Waals surface area contributed by atoms with E-state index in [4.69, 9.17) is 21.1 Å². The average molecular weight is 391 g/mol. The first-order valence-corrected chi connectivity index (χ1v) is 11.2. The molecule has 2 aromatic rings. The first-order valence-electron chi connectivity index (χ1n) is 10.6. The highest BCUT2D eigenvalue weighted by atomic mass is 35.5. The van der Waals surface area contributed by atoms with Gasteiger partial charge in [0.1, 0.15) is 11.5 Å². The van der Waals surface area contributed by atoms with Gasteiger partial charge < -0.3 is 9.47 Å². The van der Waals surface area contributed by atoms with E-state index in [1.165, 1.54) is 38.5 Å². The topological polar surface area (TPSA) is 18.5 Å². The normalized spacial score (nSPS) is 12.3. The Bertz CT molecular complexity index is 656. The lowest BCUT2D eigenvalue weighted by Gasteiger charge is -2.18. The van der Waals surface area contributed by atoms with E-state index in [9.17, 15) is 0 Å². The molecule has 0 radical (unpaired) electrons. The number of unbranched alkanes of at least 4 members (excludes halogenated alkanes) is 4. The fourth-order valence-corrected chi connectivity index (χ4v) is 3.52. The number of halogens is 1. The number of hydrogen-bond acceptors (Lipinski definition) is 2. The molecular weight excluding hydrogens is 356 g/mol. The maximum absolute atomic E-state index is 6.23. The third kappa shape index (κ3) is 7.25. The van der Waals surface area contributed by atoms with Gasteiger partial charge in [-0.3, -0.25) is 0 Å². The number of alkyl halides is 1. The molecule has 150 valence electrons. The lowest BCUT2D eigenvalue weighted by atomic mass is 10.0. The van der Waals surface area contributed by atoms with E-state index in [1.54, 1.807) is 0 Å². The Balaban J connectivity index is 1.99. The summed E-state index contributed by atoms with van der Waals surface area (Å²) in [4.78, 5) is 0. The van der Waals surface area contributed by atoms with E-state index < -0.39 is 0 Å². The van der Waals surface area contributed by atoms with Crippen LogP contribution in [-0.4, -0.2) is 19.1 Å². The van der Waals surface area contributed by atoms with Gasteiger partial charge in [-0.25, -0.2) is 0 Å². The average Bonchev–Trinajstić information content (AvgIpc) is 2.71. The van der Waals surface area contributed by atoms with Crippen molar-refractivity contribution in [3.63, 3.8) is 0 Å². The van der Waals surface area contributed by atoms with E-state index in [2.05, 4.69) is 50.2 Å². The van der Waals surface area contributed by atoms with Gasteiger partial charge in [0, 0.05) is 16.7 Å². The van der Waals surface area contributed by atoms with Crippen LogP contribution in [0.2, 0.25) is 0 Å². The Morgan fingerprint density at radius 2 is 1.48 bits per heavy atom. The molecule has 27 heavy (non-hydrogen) atoms. The number of fused-ring (bicyclic) bond motifs is 1. The third-order valence-corrected chi connectivity index (χ3v) is 5.41. The monoisotopic (exact) mass is 390 g/mol. The molecule has 1 unspecified atom stereocenters. The van der Waals surface area contributed by atoms with Crippen LogP contribution in [0.5, 0.6) is 11.5 Å². The summed E-state index contributed by atoms with van der Waals surface area (Å²) in [6.07, 6.45) is 9.45. The van der Waals surface area contributed by atoms with Gasteiger partial charge in [0.15, 0.2) is 0 Å². The molecule has 0 heterocycles. The zero-order valence-corrected chi connectivity index (χ0v) is 17.8. The summed E-state index contributed by atoms with van der Waals surface area (Å²) < 4.78 is 12.3. The summed E-state index contributed by atoms with van der Waals surface area (Å²) >= 11 is 5.73. The highest BCUT2D eigenvalue weighted by molar-refractivity contribution is 6.17. The lowest BCUT2D eigenvalue weighted by molar-refractivity contribution is 0.235. The van der Waals surface area contributed by atoms with Crippen LogP contribution in [0, 0.1) is 5.92 Å². The molecule has 0 fully saturated rings. The van der Waals surface area contributed by atoms with Gasteiger partial charge in [0.2, 0.25) is 0 Å². The Hall–Kier alpha value is -1.41. The summed E-state index contributed by atoms with van der Waals surface area (Å²) in [6.45, 7) is 6.05. The van der Waals surface area contributed by atoms with Crippen LogP contribution in [0.1, 0.15) is 65.2 Å². The molecule has 1 atom stereocenters. The Labute approximate surface area is 170 Å². The van der Waals surface area contributed by atoms with Gasteiger partial charge >= 0.3 is 0 Å². The molecular formula is C24H35ClO2. The van der Waals surface area contributed by atoms with Gasteiger partial charge in [-0.05, 0) is 37.3 Å². The van der Waals surface area contributed by atoms with Crippen LogP contribution in [0.4, 0.5) is 0 Å². The van der Waals surface area contributed by atoms with Crippen LogP contribution < -0.4 is 9.47 Å². The zero-order valence-electron chi connectivity index (χ0n) is 17.0. The van der Waals surface area contributed by atoms with Crippen molar-refractivity contribution in [2.45, 2.75) is 65.2 Å². The highest BCUT2D eigenvalue weighted by Crippen LogP contribution is 2.33. The van der Waals surface area contributed by atoms with E-state index in [-0.39, 0.29) is 0 Å². The van der Waals surface area contributed by atoms with Crippen molar-refractivity contribution in [2.75, 3.05) is 19.1 Å². The minimum Gasteiger partial charge on any atom is -0.493 e. The molecule has 0 aliphatic carbocycles. The van der Waals surface area contributed by atoms with Crippen LogP contribution in [-0.2, 0) is 0 Å². The molecule has 0 bridgehead atoms. The molecule has 0 saturated heterocycles. The Kier molecular flexibility index (Phi) is 10.4. The first-order chi connectivity index (χ1) is 13.3. The number of rotatable bonds is 14. The number of hydrogen-bond donors (Lipinski definition) is 0. The van der Waals surface area contributed by atoms with Gasteiger partial charge in [0.05, 0.1) is 13.2 Å². The molecule has 2 rings (SSSR count). The smallest absolute Gasteiger partial charge is 0.127 e. The molecule has 0 N–H and O–H groups in total. The predicted molar refractivity (Wildman–Crippen MR) is 117 cm³/mol. The maximum Gasteiger partial charge on any atom is 0.127 e. The fourth-order valence-electron chi connectivity index (χ4n) is 3.33. The first kappa shape index (κ1) is 21.9. The molecule has 0 spiro atoms. The standard InChI is InChI=1S/C24H35ClO2/c1-3-5-12-20(4-2)19-27-24-16-15-23(21-13-8-9-14-22(21)24)26-18-11-7-6-10-17-25/h8-9,13-16,20H,3-7,10-12,17-19H2,1-2H3. The van der Waals surface area contributed by atoms with Crippen molar-refractivity contribution in [1.29, 1.82) is 0 Å². The minimum absolute atomic E-state index is 0.632. The van der Waals surface area contributed by atoms with E-state index in [0.29, 0.717) is 5.92 Å². The van der Waals surface area contributed by atoms with Crippen molar-refractivity contribution in [3.05, 3.63) is 36.4 Å². The molecule has 0 saturated carbocycles. The molecule has 2 nitrogen and oxygen atoms in total. The lowest BCUT2D eigenvalue weighted by Crippen LogP contribution is -2.11. The van der Waals surface area contributed by atoms with E-state index in [0.717, 1.165) is 54.2 Å². The largest absolute Gasteiger partial charge is 0.493 e. The van der Waals surface area contributed by atoms with Gasteiger partial charge in [-0.2, -0.15) is 0 Å². The number of benzene rings is 2. The molecule has 0 aliphatic rings. The van der Waals surface area contributed by atoms with Crippen LogP contribution in [0.15, 0.2) is 36.4 Å². The van der Waals surface area contributed by atoms with Gasteiger partial charge in [0.25, 0.3) is 0 Å². The molecule has 0 aliphatic heterocycles. The van der Waals surface area contributed by atoms with Crippen molar-refractivity contribution < 1.29 is 9.47 Å².